The van der Waals surface area contributed by atoms with Gasteiger partial charge in [-0.15, -0.1) is 0 Å². The van der Waals surface area contributed by atoms with Crippen molar-refractivity contribution < 1.29 is 14.3 Å². The molecule has 1 rings (SSSR count). The lowest BCUT2D eigenvalue weighted by Crippen LogP contribution is -2.05. The van der Waals surface area contributed by atoms with Crippen molar-refractivity contribution in [2.45, 2.75) is 6.42 Å². The maximum Gasteiger partial charge on any atom is 0.310 e. The Kier molecular flexibility index (Phi) is 4.42. The van der Waals surface area contributed by atoms with Crippen LogP contribution in [0, 0.1) is 0 Å². The number of carbonyl (C=O) groups excluding carboxylic acids is 1. The first kappa shape index (κ1) is 12.3. The zero-order valence-corrected chi connectivity index (χ0v) is 10.7. The van der Waals surface area contributed by atoms with Gasteiger partial charge in [0, 0.05) is 4.47 Å². The molecule has 5 heteroatoms. The van der Waals surface area contributed by atoms with Crippen LogP contribution in [0.25, 0.3) is 0 Å². The highest BCUT2D eigenvalue weighted by molar-refractivity contribution is 9.10. The standard InChI is InChI=1S/C10H10BrClO3/c1-14-7-4-3-6(5-8(13)15-2)9(11)10(7)12/h3-4H,5H2,1-2H3. The monoisotopic (exact) mass is 292 g/mol. The van der Waals surface area contributed by atoms with Gasteiger partial charge in [0.25, 0.3) is 0 Å². The second-order valence-electron chi connectivity index (χ2n) is 2.81. The van der Waals surface area contributed by atoms with Crippen LogP contribution in [-0.4, -0.2) is 20.2 Å². The largest absolute Gasteiger partial charge is 0.495 e. The highest BCUT2D eigenvalue weighted by atomic mass is 79.9. The minimum absolute atomic E-state index is 0.181. The van der Waals surface area contributed by atoms with Crippen molar-refractivity contribution in [2.24, 2.45) is 0 Å². The van der Waals surface area contributed by atoms with Crippen LogP contribution in [0.1, 0.15) is 5.56 Å². The van der Waals surface area contributed by atoms with E-state index in [-0.39, 0.29) is 12.4 Å². The third-order valence-electron chi connectivity index (χ3n) is 1.91. The minimum atomic E-state index is -0.308. The summed E-state index contributed by atoms with van der Waals surface area (Å²) in [6.07, 6.45) is 0.181. The Morgan fingerprint density at radius 2 is 2.13 bits per heavy atom. The first-order valence-electron chi connectivity index (χ1n) is 4.17. The number of methoxy groups -OCH3 is 2. The van der Waals surface area contributed by atoms with E-state index in [0.29, 0.717) is 15.2 Å². The van der Waals surface area contributed by atoms with Crippen molar-refractivity contribution in [1.29, 1.82) is 0 Å². The fourth-order valence-corrected chi connectivity index (χ4v) is 1.82. The van der Waals surface area contributed by atoms with Crippen LogP contribution >= 0.6 is 27.5 Å². The third kappa shape index (κ3) is 2.86. The number of esters is 1. The zero-order valence-electron chi connectivity index (χ0n) is 8.34. The van der Waals surface area contributed by atoms with Gasteiger partial charge in [-0.3, -0.25) is 4.79 Å². The maximum absolute atomic E-state index is 11.1. The molecule has 0 aliphatic carbocycles. The predicted octanol–water partition coefficient (Wildman–Crippen LogP) is 2.83. The van der Waals surface area contributed by atoms with Gasteiger partial charge in [-0.2, -0.15) is 0 Å². The average molecular weight is 294 g/mol. The molecule has 0 saturated carbocycles. The van der Waals surface area contributed by atoms with Crippen molar-refractivity contribution in [3.05, 3.63) is 27.2 Å². The lowest BCUT2D eigenvalue weighted by atomic mass is 10.1. The number of hydrogen-bond acceptors (Lipinski definition) is 3. The van der Waals surface area contributed by atoms with E-state index in [9.17, 15) is 4.79 Å². The Morgan fingerprint density at radius 3 is 2.67 bits per heavy atom. The number of halogens is 2. The van der Waals surface area contributed by atoms with E-state index >= 15 is 0 Å². The summed E-state index contributed by atoms with van der Waals surface area (Å²) in [5.74, 6) is 0.258. The van der Waals surface area contributed by atoms with Crippen LogP contribution < -0.4 is 4.74 Å². The van der Waals surface area contributed by atoms with Gasteiger partial charge in [-0.05, 0) is 27.6 Å². The molecule has 1 aromatic rings. The van der Waals surface area contributed by atoms with Gasteiger partial charge in [0.15, 0.2) is 0 Å². The van der Waals surface area contributed by atoms with Gasteiger partial charge < -0.3 is 9.47 Å². The molecule has 0 N–H and O–H groups in total. The fourth-order valence-electron chi connectivity index (χ4n) is 1.09. The molecule has 0 amide bonds. The molecule has 3 nitrogen and oxygen atoms in total. The quantitative estimate of drug-likeness (QED) is 0.804. The van der Waals surface area contributed by atoms with Crippen molar-refractivity contribution in [1.82, 2.24) is 0 Å². The molecule has 0 heterocycles. The van der Waals surface area contributed by atoms with Crippen LogP contribution in [-0.2, 0) is 16.0 Å². The van der Waals surface area contributed by atoms with Gasteiger partial charge in [0.1, 0.15) is 5.75 Å². The van der Waals surface area contributed by atoms with E-state index < -0.39 is 0 Å². The Labute approximate surface area is 101 Å². The molecule has 0 aromatic heterocycles. The highest BCUT2D eigenvalue weighted by Gasteiger charge is 2.12. The fraction of sp³-hybridized carbons (Fsp3) is 0.300. The first-order chi connectivity index (χ1) is 7.10. The molecular weight excluding hydrogens is 283 g/mol. The maximum atomic E-state index is 11.1. The number of benzene rings is 1. The molecule has 0 fully saturated rings. The normalized spacial score (nSPS) is 9.87. The lowest BCUT2D eigenvalue weighted by Gasteiger charge is -2.08. The van der Waals surface area contributed by atoms with Crippen molar-refractivity contribution >= 4 is 33.5 Å². The van der Waals surface area contributed by atoms with E-state index in [1.54, 1.807) is 12.1 Å². The molecule has 0 bridgehead atoms. The summed E-state index contributed by atoms with van der Waals surface area (Å²) in [6, 6.07) is 3.48. The van der Waals surface area contributed by atoms with E-state index in [4.69, 9.17) is 16.3 Å². The van der Waals surface area contributed by atoms with Crippen LogP contribution in [0.4, 0.5) is 0 Å². The second kappa shape index (κ2) is 5.37. The summed E-state index contributed by atoms with van der Waals surface area (Å²) in [4.78, 5) is 11.1. The predicted molar refractivity (Wildman–Crippen MR) is 61.4 cm³/mol. The molecular formula is C10H10BrClO3. The van der Waals surface area contributed by atoms with Gasteiger partial charge in [0.05, 0.1) is 25.7 Å². The molecule has 0 aliphatic rings. The summed E-state index contributed by atoms with van der Waals surface area (Å²) < 4.78 is 10.3. The topological polar surface area (TPSA) is 35.5 Å². The molecule has 0 radical (unpaired) electrons. The molecule has 0 unspecified atom stereocenters. The van der Waals surface area contributed by atoms with Gasteiger partial charge >= 0.3 is 5.97 Å². The average Bonchev–Trinajstić information content (AvgIpc) is 2.25. The number of carbonyl (C=O) groups is 1. The summed E-state index contributed by atoms with van der Waals surface area (Å²) in [5, 5.41) is 0.457. The highest BCUT2D eigenvalue weighted by Crippen LogP contribution is 2.34. The van der Waals surface area contributed by atoms with Gasteiger partial charge in [-0.1, -0.05) is 17.7 Å². The second-order valence-corrected chi connectivity index (χ2v) is 3.98. The summed E-state index contributed by atoms with van der Waals surface area (Å²) in [6.45, 7) is 0. The molecule has 15 heavy (non-hydrogen) atoms. The van der Waals surface area contributed by atoms with Crippen LogP contribution in [0.5, 0.6) is 5.75 Å². The molecule has 0 aliphatic heterocycles. The zero-order chi connectivity index (χ0) is 11.4. The van der Waals surface area contributed by atoms with E-state index in [1.807, 2.05) is 0 Å². The molecule has 1 aromatic carbocycles. The first-order valence-corrected chi connectivity index (χ1v) is 5.35. The van der Waals surface area contributed by atoms with E-state index in [0.717, 1.165) is 5.56 Å². The van der Waals surface area contributed by atoms with Crippen LogP contribution in [0.15, 0.2) is 16.6 Å². The number of rotatable bonds is 3. The molecule has 0 atom stereocenters. The van der Waals surface area contributed by atoms with Crippen molar-refractivity contribution in [3.8, 4) is 5.75 Å². The number of hydrogen-bond donors (Lipinski definition) is 0. The van der Waals surface area contributed by atoms with Crippen LogP contribution in [0.2, 0.25) is 5.02 Å². The Morgan fingerprint density at radius 1 is 1.47 bits per heavy atom. The van der Waals surface area contributed by atoms with E-state index in [1.165, 1.54) is 14.2 Å². The Bertz CT molecular complexity index is 379. The van der Waals surface area contributed by atoms with Crippen LogP contribution in [0.3, 0.4) is 0 Å². The SMILES string of the molecule is COC(=O)Cc1ccc(OC)c(Cl)c1Br. The summed E-state index contributed by atoms with van der Waals surface area (Å²) in [5.41, 5.74) is 0.771. The minimum Gasteiger partial charge on any atom is -0.495 e. The molecule has 0 saturated heterocycles. The van der Waals surface area contributed by atoms with Crippen molar-refractivity contribution in [3.63, 3.8) is 0 Å². The van der Waals surface area contributed by atoms with Crippen molar-refractivity contribution in [2.75, 3.05) is 14.2 Å². The number of ether oxygens (including phenoxy) is 2. The molecule has 0 spiro atoms. The Balaban J connectivity index is 3.01. The van der Waals surface area contributed by atoms with E-state index in [2.05, 4.69) is 20.7 Å². The summed E-state index contributed by atoms with van der Waals surface area (Å²) >= 11 is 9.31. The molecule has 82 valence electrons. The third-order valence-corrected chi connectivity index (χ3v) is 3.42. The Hall–Kier alpha value is -0.740. The van der Waals surface area contributed by atoms with Gasteiger partial charge in [0.2, 0.25) is 0 Å². The van der Waals surface area contributed by atoms with Gasteiger partial charge in [-0.25, -0.2) is 0 Å². The summed E-state index contributed by atoms with van der Waals surface area (Å²) in [7, 11) is 2.88. The lowest BCUT2D eigenvalue weighted by molar-refractivity contribution is -0.139. The smallest absolute Gasteiger partial charge is 0.310 e.